The second-order valence-electron chi connectivity index (χ2n) is 8.08. The van der Waals surface area contributed by atoms with E-state index in [0.717, 1.165) is 30.5 Å². The zero-order chi connectivity index (χ0) is 17.1. The summed E-state index contributed by atoms with van der Waals surface area (Å²) in [5, 5.41) is 2.20. The highest BCUT2D eigenvalue weighted by molar-refractivity contribution is 7.09. The van der Waals surface area contributed by atoms with Gasteiger partial charge in [-0.25, -0.2) is 0 Å². The summed E-state index contributed by atoms with van der Waals surface area (Å²) >= 11 is 1.89. The molecule has 3 atom stereocenters. The van der Waals surface area contributed by atoms with E-state index in [0.29, 0.717) is 24.8 Å². The van der Waals surface area contributed by atoms with E-state index in [9.17, 15) is 0 Å². The van der Waals surface area contributed by atoms with Crippen molar-refractivity contribution < 1.29 is 9.47 Å². The van der Waals surface area contributed by atoms with Crippen LogP contribution < -0.4 is 9.47 Å². The van der Waals surface area contributed by atoms with Crippen LogP contribution in [0.15, 0.2) is 35.7 Å². The Morgan fingerprint density at radius 1 is 1.04 bits per heavy atom. The van der Waals surface area contributed by atoms with Gasteiger partial charge in [0.1, 0.15) is 0 Å². The Balaban J connectivity index is 1.36. The molecule has 4 nitrogen and oxygen atoms in total. The number of nitrogens with zero attached hydrogens (tertiary/aromatic N) is 2. The van der Waals surface area contributed by atoms with Gasteiger partial charge >= 0.3 is 0 Å². The van der Waals surface area contributed by atoms with E-state index in [-0.39, 0.29) is 0 Å². The summed E-state index contributed by atoms with van der Waals surface area (Å²) in [6.45, 7) is 5.16. The second-order valence-corrected chi connectivity index (χ2v) is 9.11. The number of thiophene rings is 1. The fourth-order valence-corrected chi connectivity index (χ4v) is 6.49. The van der Waals surface area contributed by atoms with Gasteiger partial charge in [0.25, 0.3) is 0 Å². The first kappa shape index (κ1) is 15.5. The van der Waals surface area contributed by atoms with Crippen LogP contribution in [-0.4, -0.2) is 48.3 Å². The summed E-state index contributed by atoms with van der Waals surface area (Å²) in [5.41, 5.74) is 1.42. The first-order chi connectivity index (χ1) is 12.9. The standard InChI is InChI=1S/C21H24N2O2S/c1-2-16(26-9-1)11-23-12-17(15-3-4-18-19(10-15)25-13-24-18)21-20(23)14-5-7-22(21)8-6-14/h1-4,9-10,14,17,20-21H,5-8,11-13H2/t17-,20+,21+/m1/s1. The first-order valence-electron chi connectivity index (χ1n) is 9.77. The van der Waals surface area contributed by atoms with Crippen molar-refractivity contribution in [2.45, 2.75) is 37.4 Å². The Hall–Kier alpha value is -1.56. The highest BCUT2D eigenvalue weighted by Gasteiger charge is 2.53. The number of ether oxygens (including phenoxy) is 2. The zero-order valence-electron chi connectivity index (χ0n) is 14.8. The van der Waals surface area contributed by atoms with Gasteiger partial charge in [-0.05, 0) is 61.0 Å². The van der Waals surface area contributed by atoms with Gasteiger partial charge < -0.3 is 9.47 Å². The van der Waals surface area contributed by atoms with Crippen LogP contribution in [0.4, 0.5) is 0 Å². The van der Waals surface area contributed by atoms with Gasteiger partial charge in [-0.2, -0.15) is 0 Å². The molecule has 0 unspecified atom stereocenters. The maximum Gasteiger partial charge on any atom is 0.231 e. The predicted octanol–water partition coefficient (Wildman–Crippen LogP) is 3.54. The van der Waals surface area contributed by atoms with Gasteiger partial charge in [-0.3, -0.25) is 9.80 Å². The number of piperidine rings is 3. The minimum Gasteiger partial charge on any atom is -0.454 e. The average molecular weight is 369 g/mol. The van der Waals surface area contributed by atoms with Crippen LogP contribution in [0.3, 0.4) is 0 Å². The smallest absolute Gasteiger partial charge is 0.231 e. The number of hydrogen-bond donors (Lipinski definition) is 0. The summed E-state index contributed by atoms with van der Waals surface area (Å²) in [6, 6.07) is 12.4. The Morgan fingerprint density at radius 3 is 2.77 bits per heavy atom. The molecule has 7 rings (SSSR count). The minimum atomic E-state index is 0.355. The molecule has 5 aliphatic rings. The van der Waals surface area contributed by atoms with Crippen LogP contribution >= 0.6 is 11.3 Å². The molecule has 0 spiro atoms. The van der Waals surface area contributed by atoms with Gasteiger partial charge in [0.2, 0.25) is 6.79 Å². The molecule has 4 saturated heterocycles. The molecule has 136 valence electrons. The van der Waals surface area contributed by atoms with E-state index in [4.69, 9.17) is 9.47 Å². The van der Waals surface area contributed by atoms with Gasteiger partial charge in [0.15, 0.2) is 11.5 Å². The summed E-state index contributed by atoms with van der Waals surface area (Å²) in [4.78, 5) is 7.04. The topological polar surface area (TPSA) is 24.9 Å². The van der Waals surface area contributed by atoms with Crippen LogP contribution in [0, 0.1) is 5.92 Å². The number of benzene rings is 1. The van der Waals surface area contributed by atoms with Crippen molar-refractivity contribution in [1.82, 2.24) is 9.80 Å². The van der Waals surface area contributed by atoms with Crippen molar-refractivity contribution >= 4 is 11.3 Å². The lowest BCUT2D eigenvalue weighted by Crippen LogP contribution is -2.59. The van der Waals surface area contributed by atoms with E-state index in [1.165, 1.54) is 36.4 Å². The summed E-state index contributed by atoms with van der Waals surface area (Å²) in [7, 11) is 0. The third-order valence-electron chi connectivity index (χ3n) is 6.86. The van der Waals surface area contributed by atoms with Crippen LogP contribution in [0.25, 0.3) is 0 Å². The normalized spacial score (nSPS) is 35.0. The van der Waals surface area contributed by atoms with E-state index in [2.05, 4.69) is 45.5 Å². The second kappa shape index (κ2) is 5.98. The van der Waals surface area contributed by atoms with Gasteiger partial charge in [0, 0.05) is 36.0 Å². The van der Waals surface area contributed by atoms with Crippen molar-refractivity contribution in [3.05, 3.63) is 46.2 Å². The molecule has 5 aliphatic heterocycles. The SMILES string of the molecule is c1csc(CN2C[C@H](c3ccc4c(c3)OCO4)[C@H]3[C@@H]2C2CCN3CC2)c1. The third kappa shape index (κ3) is 2.34. The highest BCUT2D eigenvalue weighted by Crippen LogP contribution is 2.48. The Bertz CT molecular complexity index is 800. The zero-order valence-corrected chi connectivity index (χ0v) is 15.7. The Kier molecular flexibility index (Phi) is 3.56. The van der Waals surface area contributed by atoms with Crippen molar-refractivity contribution in [3.8, 4) is 11.5 Å². The Labute approximate surface area is 158 Å². The lowest BCUT2D eigenvalue weighted by atomic mass is 9.75. The van der Waals surface area contributed by atoms with Crippen molar-refractivity contribution in [1.29, 1.82) is 0 Å². The molecule has 26 heavy (non-hydrogen) atoms. The maximum absolute atomic E-state index is 5.66. The van der Waals surface area contributed by atoms with Crippen LogP contribution in [0.5, 0.6) is 11.5 Å². The molecular weight excluding hydrogens is 344 g/mol. The molecule has 2 bridgehead atoms. The van der Waals surface area contributed by atoms with Gasteiger partial charge in [0.05, 0.1) is 0 Å². The Morgan fingerprint density at radius 2 is 1.92 bits per heavy atom. The molecular formula is C21H24N2O2S. The average Bonchev–Trinajstić information content (AvgIpc) is 3.43. The van der Waals surface area contributed by atoms with E-state index >= 15 is 0 Å². The van der Waals surface area contributed by atoms with Crippen LogP contribution in [0.1, 0.15) is 29.2 Å². The maximum atomic E-state index is 5.66. The number of rotatable bonds is 3. The van der Waals surface area contributed by atoms with Gasteiger partial charge in [-0.1, -0.05) is 12.1 Å². The van der Waals surface area contributed by atoms with Crippen LogP contribution in [-0.2, 0) is 6.54 Å². The quantitative estimate of drug-likeness (QED) is 0.827. The summed E-state index contributed by atoms with van der Waals surface area (Å²) in [6.07, 6.45) is 2.74. The van der Waals surface area contributed by atoms with E-state index < -0.39 is 0 Å². The molecule has 1 aromatic heterocycles. The monoisotopic (exact) mass is 368 g/mol. The molecule has 5 heteroatoms. The molecule has 0 saturated carbocycles. The van der Waals surface area contributed by atoms with Crippen molar-refractivity contribution in [2.75, 3.05) is 26.4 Å². The molecule has 4 fully saturated rings. The fraction of sp³-hybridized carbons (Fsp3) is 0.524. The largest absolute Gasteiger partial charge is 0.454 e. The van der Waals surface area contributed by atoms with E-state index in [1.807, 2.05) is 11.3 Å². The first-order valence-corrected chi connectivity index (χ1v) is 10.6. The lowest BCUT2D eigenvalue weighted by molar-refractivity contribution is -0.00845. The van der Waals surface area contributed by atoms with Crippen LogP contribution in [0.2, 0.25) is 0 Å². The lowest BCUT2D eigenvalue weighted by Gasteiger charge is -2.51. The molecule has 2 aromatic rings. The van der Waals surface area contributed by atoms with Gasteiger partial charge in [-0.15, -0.1) is 11.3 Å². The highest BCUT2D eigenvalue weighted by atomic mass is 32.1. The van der Waals surface area contributed by atoms with Crippen molar-refractivity contribution in [3.63, 3.8) is 0 Å². The predicted molar refractivity (Wildman–Crippen MR) is 102 cm³/mol. The molecule has 0 amide bonds. The summed E-state index contributed by atoms with van der Waals surface area (Å²) < 4.78 is 11.2. The number of fused-ring (bicyclic) bond motifs is 3. The molecule has 0 N–H and O–H groups in total. The minimum absolute atomic E-state index is 0.355. The number of hydrogen-bond acceptors (Lipinski definition) is 5. The number of likely N-dealkylation sites (tertiary alicyclic amines) is 1. The molecule has 0 aliphatic carbocycles. The fourth-order valence-electron chi connectivity index (χ4n) is 5.76. The summed E-state index contributed by atoms with van der Waals surface area (Å²) in [5.74, 6) is 3.25. The molecule has 6 heterocycles. The van der Waals surface area contributed by atoms with Crippen molar-refractivity contribution in [2.24, 2.45) is 5.92 Å². The van der Waals surface area contributed by atoms with E-state index in [1.54, 1.807) is 0 Å². The molecule has 1 aromatic carbocycles. The molecule has 0 radical (unpaired) electrons. The third-order valence-corrected chi connectivity index (χ3v) is 7.72.